The van der Waals surface area contributed by atoms with Gasteiger partial charge in [-0.15, -0.1) is 0 Å². The van der Waals surface area contributed by atoms with E-state index >= 15 is 0 Å². The molecule has 0 saturated carbocycles. The molecule has 0 aliphatic carbocycles. The zero-order valence-electron chi connectivity index (χ0n) is 13.2. The first-order valence-corrected chi connectivity index (χ1v) is 7.18. The van der Waals surface area contributed by atoms with E-state index in [1.807, 2.05) is 25.1 Å². The highest BCUT2D eigenvalue weighted by Crippen LogP contribution is 2.18. The van der Waals surface area contributed by atoms with E-state index in [4.69, 9.17) is 4.74 Å². The number of amides is 1. The van der Waals surface area contributed by atoms with Crippen molar-refractivity contribution in [1.29, 1.82) is 0 Å². The molecule has 2 N–H and O–H groups in total. The van der Waals surface area contributed by atoms with Crippen LogP contribution in [0, 0.1) is 13.8 Å². The molecule has 0 saturated heterocycles. The maximum atomic E-state index is 12.2. The minimum absolute atomic E-state index is 0.253. The Hall–Kier alpha value is -2.96. The molecular formula is C16H17N5O2. The molecule has 0 spiro atoms. The molecule has 7 nitrogen and oxygen atoms in total. The van der Waals surface area contributed by atoms with Gasteiger partial charge in [-0.3, -0.25) is 4.79 Å². The zero-order chi connectivity index (χ0) is 16.4. The lowest BCUT2D eigenvalue weighted by Gasteiger charge is -2.04. The lowest BCUT2D eigenvalue weighted by Crippen LogP contribution is -2.25. The maximum absolute atomic E-state index is 12.2. The minimum Gasteiger partial charge on any atom is -0.497 e. The van der Waals surface area contributed by atoms with Gasteiger partial charge in [0.2, 0.25) is 0 Å². The van der Waals surface area contributed by atoms with E-state index < -0.39 is 0 Å². The lowest BCUT2D eigenvalue weighted by molar-refractivity contribution is 0.0944. The Morgan fingerprint density at radius 1 is 1.22 bits per heavy atom. The Labute approximate surface area is 133 Å². The number of hydrogen-bond acceptors (Lipinski definition) is 5. The second kappa shape index (κ2) is 6.04. The number of hydrogen-bond donors (Lipinski definition) is 2. The van der Waals surface area contributed by atoms with Gasteiger partial charge in [-0.2, -0.15) is 0 Å². The number of H-pyrrole nitrogens is 1. The Bertz CT molecular complexity index is 852. The Morgan fingerprint density at radius 3 is 2.78 bits per heavy atom. The van der Waals surface area contributed by atoms with Crippen LogP contribution in [0.25, 0.3) is 11.0 Å². The van der Waals surface area contributed by atoms with Crippen LogP contribution in [-0.4, -0.2) is 33.0 Å². The zero-order valence-corrected chi connectivity index (χ0v) is 13.2. The Balaban J connectivity index is 1.73. The fourth-order valence-corrected chi connectivity index (χ4v) is 2.34. The van der Waals surface area contributed by atoms with Crippen LogP contribution < -0.4 is 10.1 Å². The van der Waals surface area contributed by atoms with Gasteiger partial charge in [-0.05, 0) is 32.0 Å². The first kappa shape index (κ1) is 15.0. The van der Waals surface area contributed by atoms with Crippen LogP contribution in [0.2, 0.25) is 0 Å². The number of benzene rings is 1. The number of imidazole rings is 1. The van der Waals surface area contributed by atoms with Crippen molar-refractivity contribution in [1.82, 2.24) is 25.3 Å². The average molecular weight is 311 g/mol. The van der Waals surface area contributed by atoms with E-state index in [-0.39, 0.29) is 12.5 Å². The minimum atomic E-state index is -0.253. The molecule has 0 fully saturated rings. The number of fused-ring (bicyclic) bond motifs is 1. The van der Waals surface area contributed by atoms with Gasteiger partial charge >= 0.3 is 0 Å². The molecule has 1 amide bonds. The van der Waals surface area contributed by atoms with Crippen LogP contribution in [0.5, 0.6) is 5.75 Å². The summed E-state index contributed by atoms with van der Waals surface area (Å²) < 4.78 is 5.18. The Morgan fingerprint density at radius 2 is 2.04 bits per heavy atom. The van der Waals surface area contributed by atoms with E-state index in [2.05, 4.69) is 25.3 Å². The molecule has 2 aromatic heterocycles. The van der Waals surface area contributed by atoms with Crippen molar-refractivity contribution >= 4 is 16.9 Å². The van der Waals surface area contributed by atoms with E-state index in [9.17, 15) is 4.79 Å². The van der Waals surface area contributed by atoms with Gasteiger partial charge in [0.15, 0.2) is 0 Å². The van der Waals surface area contributed by atoms with Crippen LogP contribution >= 0.6 is 0 Å². The van der Waals surface area contributed by atoms with E-state index in [1.165, 1.54) is 0 Å². The average Bonchev–Trinajstić information content (AvgIpc) is 2.93. The predicted molar refractivity (Wildman–Crippen MR) is 85.3 cm³/mol. The van der Waals surface area contributed by atoms with Gasteiger partial charge in [0.1, 0.15) is 23.1 Å². The summed E-state index contributed by atoms with van der Waals surface area (Å²) in [4.78, 5) is 28.1. The summed E-state index contributed by atoms with van der Waals surface area (Å²) in [5, 5.41) is 2.81. The standard InChI is InChI=1S/C16H17N5O2/c1-9-6-14(19-10(2)18-9)16(22)17-8-15-20-12-5-4-11(23-3)7-13(12)21-15/h4-7H,8H2,1-3H3,(H,17,22)(H,20,21). The summed E-state index contributed by atoms with van der Waals surface area (Å²) in [5.74, 6) is 1.75. The molecule has 0 aliphatic heterocycles. The fraction of sp³-hybridized carbons (Fsp3) is 0.250. The molecule has 3 aromatic rings. The van der Waals surface area contributed by atoms with Crippen molar-refractivity contribution in [3.05, 3.63) is 47.3 Å². The number of rotatable bonds is 4. The molecule has 1 aromatic carbocycles. The molecule has 0 aliphatic rings. The predicted octanol–water partition coefficient (Wildman–Crippen LogP) is 1.91. The molecule has 0 bridgehead atoms. The van der Waals surface area contributed by atoms with Gasteiger partial charge in [0.25, 0.3) is 5.91 Å². The molecular weight excluding hydrogens is 294 g/mol. The van der Waals surface area contributed by atoms with Crippen LogP contribution in [0.4, 0.5) is 0 Å². The second-order valence-corrected chi connectivity index (χ2v) is 5.19. The summed E-state index contributed by atoms with van der Waals surface area (Å²) in [7, 11) is 1.62. The van der Waals surface area contributed by atoms with Crippen LogP contribution in [0.3, 0.4) is 0 Å². The smallest absolute Gasteiger partial charge is 0.270 e. The summed E-state index contributed by atoms with van der Waals surface area (Å²) in [5.41, 5.74) is 2.80. The number of aromatic amines is 1. The third-order valence-corrected chi connectivity index (χ3v) is 3.35. The van der Waals surface area contributed by atoms with Crippen LogP contribution in [-0.2, 0) is 6.54 Å². The van der Waals surface area contributed by atoms with Gasteiger partial charge < -0.3 is 15.0 Å². The maximum Gasteiger partial charge on any atom is 0.270 e. The number of aryl methyl sites for hydroxylation is 2. The normalized spacial score (nSPS) is 10.7. The number of carbonyl (C=O) groups is 1. The first-order chi connectivity index (χ1) is 11.0. The van der Waals surface area contributed by atoms with Gasteiger partial charge in [-0.25, -0.2) is 15.0 Å². The molecule has 118 valence electrons. The highest BCUT2D eigenvalue weighted by atomic mass is 16.5. The molecule has 23 heavy (non-hydrogen) atoms. The molecule has 0 atom stereocenters. The van der Waals surface area contributed by atoms with Crippen LogP contribution in [0.1, 0.15) is 27.8 Å². The largest absolute Gasteiger partial charge is 0.497 e. The quantitative estimate of drug-likeness (QED) is 0.767. The third kappa shape index (κ3) is 3.28. The van der Waals surface area contributed by atoms with E-state index in [1.54, 1.807) is 20.1 Å². The fourth-order valence-electron chi connectivity index (χ4n) is 2.34. The van der Waals surface area contributed by atoms with Crippen molar-refractivity contribution in [2.24, 2.45) is 0 Å². The monoisotopic (exact) mass is 311 g/mol. The number of methoxy groups -OCH3 is 1. The number of carbonyl (C=O) groups excluding carboxylic acids is 1. The highest BCUT2D eigenvalue weighted by Gasteiger charge is 2.10. The number of ether oxygens (including phenoxy) is 1. The van der Waals surface area contributed by atoms with Crippen molar-refractivity contribution in [2.75, 3.05) is 7.11 Å². The molecule has 0 radical (unpaired) electrons. The van der Waals surface area contributed by atoms with Crippen LogP contribution in [0.15, 0.2) is 24.3 Å². The van der Waals surface area contributed by atoms with Gasteiger partial charge in [0, 0.05) is 11.8 Å². The first-order valence-electron chi connectivity index (χ1n) is 7.18. The summed E-state index contributed by atoms with van der Waals surface area (Å²) in [6.45, 7) is 3.88. The SMILES string of the molecule is COc1ccc2nc(CNC(=O)c3cc(C)nc(C)n3)[nH]c2c1. The van der Waals surface area contributed by atoms with E-state index in [0.29, 0.717) is 17.3 Å². The van der Waals surface area contributed by atoms with Crippen molar-refractivity contribution in [2.45, 2.75) is 20.4 Å². The second-order valence-electron chi connectivity index (χ2n) is 5.19. The highest BCUT2D eigenvalue weighted by molar-refractivity contribution is 5.92. The molecule has 3 rings (SSSR count). The third-order valence-electron chi connectivity index (χ3n) is 3.35. The van der Waals surface area contributed by atoms with Gasteiger partial charge in [0.05, 0.1) is 24.7 Å². The lowest BCUT2D eigenvalue weighted by atomic mass is 10.3. The summed E-state index contributed by atoms with van der Waals surface area (Å²) in [6.07, 6.45) is 0. The molecule has 7 heteroatoms. The number of aromatic nitrogens is 4. The van der Waals surface area contributed by atoms with Gasteiger partial charge in [-0.1, -0.05) is 0 Å². The van der Waals surface area contributed by atoms with Crippen molar-refractivity contribution < 1.29 is 9.53 Å². The summed E-state index contributed by atoms with van der Waals surface area (Å²) in [6, 6.07) is 7.24. The van der Waals surface area contributed by atoms with E-state index in [0.717, 1.165) is 22.5 Å². The molecule has 2 heterocycles. The topological polar surface area (TPSA) is 92.8 Å². The van der Waals surface area contributed by atoms with Crippen molar-refractivity contribution in [3.8, 4) is 5.75 Å². The summed E-state index contributed by atoms with van der Waals surface area (Å²) >= 11 is 0. The van der Waals surface area contributed by atoms with Crippen molar-refractivity contribution in [3.63, 3.8) is 0 Å². The number of nitrogens with zero attached hydrogens (tertiary/aromatic N) is 3. The molecule has 0 unspecified atom stereocenters. The Kier molecular flexibility index (Phi) is 3.92. The number of nitrogens with one attached hydrogen (secondary N) is 2.